The summed E-state index contributed by atoms with van der Waals surface area (Å²) in [5.41, 5.74) is 0.748. The summed E-state index contributed by atoms with van der Waals surface area (Å²) in [5, 5.41) is 8.34. The molecule has 2 atom stereocenters. The van der Waals surface area contributed by atoms with Crippen LogP contribution in [0.3, 0.4) is 0 Å². The van der Waals surface area contributed by atoms with Crippen molar-refractivity contribution in [2.24, 2.45) is 7.05 Å². The second kappa shape index (κ2) is 9.26. The fourth-order valence-electron chi connectivity index (χ4n) is 3.76. The van der Waals surface area contributed by atoms with Gasteiger partial charge < -0.3 is 14.2 Å². The van der Waals surface area contributed by atoms with E-state index in [1.54, 1.807) is 35.1 Å². The summed E-state index contributed by atoms with van der Waals surface area (Å²) in [6, 6.07) is 7.56. The first-order chi connectivity index (χ1) is 16.2. The Bertz CT molecular complexity index is 1250. The average Bonchev–Trinajstić information content (AvgIpc) is 3.46. The fraction of sp³-hybridized carbons (Fsp3) is 0.304. The lowest BCUT2D eigenvalue weighted by atomic mass is 10.1. The fourth-order valence-corrected chi connectivity index (χ4v) is 3.76. The number of nitrogens with zero attached hydrogens (tertiary/aromatic N) is 5. The maximum absolute atomic E-state index is 12.8. The highest BCUT2D eigenvalue weighted by Gasteiger charge is 2.37. The Morgan fingerprint density at radius 2 is 1.97 bits per heavy atom. The van der Waals surface area contributed by atoms with Crippen LogP contribution in [-0.4, -0.2) is 49.6 Å². The van der Waals surface area contributed by atoms with E-state index in [1.807, 2.05) is 0 Å². The number of benzene rings is 1. The van der Waals surface area contributed by atoms with Crippen molar-refractivity contribution in [3.63, 3.8) is 0 Å². The summed E-state index contributed by atoms with van der Waals surface area (Å²) >= 11 is 0. The van der Waals surface area contributed by atoms with Crippen molar-refractivity contribution in [3.05, 3.63) is 82.9 Å². The summed E-state index contributed by atoms with van der Waals surface area (Å²) in [6.45, 7) is 4.13. The van der Waals surface area contributed by atoms with Crippen LogP contribution in [0.15, 0.2) is 66.2 Å². The number of carbonyl (C=O) groups is 1. The van der Waals surface area contributed by atoms with Gasteiger partial charge in [0.15, 0.2) is 0 Å². The SMILES string of the molecule is C=CC(=O)N1CC(OCc2ccc(C(F)(F)F)cc2)C(n2cc(-c3ccn(C)c(=O)c3)nn2)C1. The Morgan fingerprint density at radius 1 is 1.24 bits per heavy atom. The van der Waals surface area contributed by atoms with Gasteiger partial charge in [-0.15, -0.1) is 5.10 Å². The highest BCUT2D eigenvalue weighted by Crippen LogP contribution is 2.30. The molecule has 2 unspecified atom stereocenters. The van der Waals surface area contributed by atoms with E-state index in [2.05, 4.69) is 16.9 Å². The summed E-state index contributed by atoms with van der Waals surface area (Å²) in [5.74, 6) is -0.266. The number of rotatable bonds is 6. The molecule has 0 N–H and O–H groups in total. The van der Waals surface area contributed by atoms with E-state index < -0.39 is 17.8 Å². The number of amides is 1. The van der Waals surface area contributed by atoms with Crippen LogP contribution in [0.2, 0.25) is 0 Å². The number of pyridine rings is 1. The second-order valence-electron chi connectivity index (χ2n) is 8.01. The number of halogens is 3. The van der Waals surface area contributed by atoms with Crippen molar-refractivity contribution in [1.82, 2.24) is 24.5 Å². The molecule has 178 valence electrons. The minimum Gasteiger partial charge on any atom is -0.369 e. The Morgan fingerprint density at radius 3 is 2.62 bits per heavy atom. The molecule has 0 radical (unpaired) electrons. The van der Waals surface area contributed by atoms with E-state index in [0.717, 1.165) is 12.1 Å². The molecule has 11 heteroatoms. The van der Waals surface area contributed by atoms with Crippen LogP contribution in [0.4, 0.5) is 13.2 Å². The van der Waals surface area contributed by atoms with Gasteiger partial charge in [0, 0.05) is 38.0 Å². The van der Waals surface area contributed by atoms with Gasteiger partial charge in [-0.3, -0.25) is 9.59 Å². The molecular weight excluding hydrogens is 451 g/mol. The molecule has 1 aliphatic rings. The zero-order chi connectivity index (χ0) is 24.5. The molecule has 3 heterocycles. The highest BCUT2D eigenvalue weighted by molar-refractivity contribution is 5.87. The monoisotopic (exact) mass is 473 g/mol. The number of aromatic nitrogens is 4. The molecule has 0 bridgehead atoms. The Hall–Kier alpha value is -3.73. The van der Waals surface area contributed by atoms with Gasteiger partial charge >= 0.3 is 6.18 Å². The second-order valence-corrected chi connectivity index (χ2v) is 8.01. The third kappa shape index (κ3) is 4.93. The minimum absolute atomic E-state index is 0.0612. The van der Waals surface area contributed by atoms with Crippen LogP contribution < -0.4 is 5.56 Å². The van der Waals surface area contributed by atoms with Gasteiger partial charge in [-0.25, -0.2) is 4.68 Å². The molecule has 1 amide bonds. The number of likely N-dealkylation sites (tertiary alicyclic amines) is 1. The zero-order valence-electron chi connectivity index (χ0n) is 18.3. The van der Waals surface area contributed by atoms with Crippen LogP contribution in [0.5, 0.6) is 0 Å². The standard InChI is InChI=1S/C23H22F3N5O3/c1-3-21(32)30-12-19(31-11-18(27-28-31)16-8-9-29(2)22(33)10-16)20(13-30)34-14-15-4-6-17(7-5-15)23(24,25)26/h3-11,19-20H,1,12-14H2,2H3. The van der Waals surface area contributed by atoms with Gasteiger partial charge in [0.1, 0.15) is 5.69 Å². The topological polar surface area (TPSA) is 82.2 Å². The predicted molar refractivity (Wildman–Crippen MR) is 117 cm³/mol. The average molecular weight is 473 g/mol. The number of carbonyl (C=O) groups excluding carboxylic acids is 1. The van der Waals surface area contributed by atoms with E-state index in [9.17, 15) is 22.8 Å². The Labute approximate surface area is 192 Å². The summed E-state index contributed by atoms with van der Waals surface area (Å²) in [6.07, 6.45) is -0.371. The lowest BCUT2D eigenvalue weighted by Crippen LogP contribution is -2.28. The van der Waals surface area contributed by atoms with E-state index in [0.29, 0.717) is 23.4 Å². The summed E-state index contributed by atoms with van der Waals surface area (Å²) < 4.78 is 47.4. The van der Waals surface area contributed by atoms with Gasteiger partial charge in [-0.05, 0) is 29.8 Å². The molecule has 1 saturated heterocycles. The molecule has 0 aliphatic carbocycles. The molecule has 0 saturated carbocycles. The van der Waals surface area contributed by atoms with E-state index in [-0.39, 0.29) is 30.7 Å². The maximum Gasteiger partial charge on any atom is 0.416 e. The molecule has 2 aromatic heterocycles. The van der Waals surface area contributed by atoms with Crippen LogP contribution >= 0.6 is 0 Å². The van der Waals surface area contributed by atoms with Crippen LogP contribution in [0.25, 0.3) is 11.3 Å². The molecule has 8 nitrogen and oxygen atoms in total. The maximum atomic E-state index is 12.8. The molecule has 3 aromatic rings. The van der Waals surface area contributed by atoms with Crippen molar-refractivity contribution in [3.8, 4) is 11.3 Å². The molecule has 34 heavy (non-hydrogen) atoms. The third-order valence-electron chi connectivity index (χ3n) is 5.72. The lowest BCUT2D eigenvalue weighted by molar-refractivity contribution is -0.137. The van der Waals surface area contributed by atoms with Gasteiger partial charge in [-0.2, -0.15) is 13.2 Å². The van der Waals surface area contributed by atoms with Crippen molar-refractivity contribution in [2.45, 2.75) is 24.9 Å². The molecular formula is C23H22F3N5O3. The molecule has 0 spiro atoms. The quantitative estimate of drug-likeness (QED) is 0.515. The highest BCUT2D eigenvalue weighted by atomic mass is 19.4. The normalized spacial score (nSPS) is 18.3. The largest absolute Gasteiger partial charge is 0.416 e. The van der Waals surface area contributed by atoms with E-state index in [4.69, 9.17) is 4.74 Å². The van der Waals surface area contributed by atoms with Crippen LogP contribution in [0.1, 0.15) is 17.2 Å². The Kier molecular flexibility index (Phi) is 6.38. The lowest BCUT2D eigenvalue weighted by Gasteiger charge is -2.19. The van der Waals surface area contributed by atoms with Gasteiger partial charge in [0.25, 0.3) is 5.56 Å². The zero-order valence-corrected chi connectivity index (χ0v) is 18.3. The minimum atomic E-state index is -4.41. The third-order valence-corrected chi connectivity index (χ3v) is 5.72. The van der Waals surface area contributed by atoms with Crippen molar-refractivity contribution < 1.29 is 22.7 Å². The first-order valence-electron chi connectivity index (χ1n) is 10.4. The molecule has 4 rings (SSSR count). The molecule has 1 aromatic carbocycles. The van der Waals surface area contributed by atoms with Gasteiger partial charge in [-0.1, -0.05) is 23.9 Å². The number of hydrogen-bond donors (Lipinski definition) is 0. The first kappa shape index (κ1) is 23.4. The van der Waals surface area contributed by atoms with Crippen molar-refractivity contribution >= 4 is 5.91 Å². The van der Waals surface area contributed by atoms with Crippen LogP contribution in [0, 0.1) is 0 Å². The predicted octanol–water partition coefficient (Wildman–Crippen LogP) is 2.82. The molecule has 1 fully saturated rings. The van der Waals surface area contributed by atoms with E-state index >= 15 is 0 Å². The van der Waals surface area contributed by atoms with Crippen molar-refractivity contribution in [1.29, 1.82) is 0 Å². The number of hydrogen-bond acceptors (Lipinski definition) is 5. The van der Waals surface area contributed by atoms with Crippen molar-refractivity contribution in [2.75, 3.05) is 13.1 Å². The number of aryl methyl sites for hydroxylation is 1. The number of alkyl halides is 3. The summed E-state index contributed by atoms with van der Waals surface area (Å²) in [4.78, 5) is 25.7. The van der Waals surface area contributed by atoms with Gasteiger partial charge in [0.2, 0.25) is 5.91 Å². The van der Waals surface area contributed by atoms with E-state index in [1.165, 1.54) is 28.8 Å². The number of ether oxygens (including phenoxy) is 1. The smallest absolute Gasteiger partial charge is 0.369 e. The first-order valence-corrected chi connectivity index (χ1v) is 10.4. The molecule has 1 aliphatic heterocycles. The van der Waals surface area contributed by atoms with Crippen LogP contribution in [-0.2, 0) is 29.4 Å². The van der Waals surface area contributed by atoms with Gasteiger partial charge in [0.05, 0.1) is 30.5 Å². The summed E-state index contributed by atoms with van der Waals surface area (Å²) in [7, 11) is 1.64. The Balaban J connectivity index is 1.53.